The molecule has 25 heavy (non-hydrogen) atoms. The third-order valence-corrected chi connectivity index (χ3v) is 7.39. The van der Waals surface area contributed by atoms with Gasteiger partial charge in [0.05, 0.1) is 9.92 Å². The van der Waals surface area contributed by atoms with Crippen LogP contribution in [0, 0.1) is 0 Å². The van der Waals surface area contributed by atoms with Gasteiger partial charge in [-0.05, 0) is 38.3 Å². The van der Waals surface area contributed by atoms with Crippen LogP contribution in [0.25, 0.3) is 0 Å². The average Bonchev–Trinajstić information content (AvgIpc) is 3.25. The standard InChI is InChI=1S/C18H25ClN2O3S/c1-12-8-13-9-16(10-17(19)18(13)24-12)25(22,23)20-14-6-7-21(11-14)15-4-2-3-5-15/h9-10,12,14-15,20H,2-8,11H2,1H3. The second-order valence-corrected chi connectivity index (χ2v) is 9.69. The molecule has 1 N–H and O–H groups in total. The topological polar surface area (TPSA) is 58.6 Å². The number of sulfonamides is 1. The van der Waals surface area contributed by atoms with Gasteiger partial charge in [0.2, 0.25) is 10.0 Å². The molecule has 0 spiro atoms. The van der Waals surface area contributed by atoms with Gasteiger partial charge < -0.3 is 4.74 Å². The molecule has 5 nitrogen and oxygen atoms in total. The van der Waals surface area contributed by atoms with E-state index < -0.39 is 10.0 Å². The molecule has 138 valence electrons. The van der Waals surface area contributed by atoms with Gasteiger partial charge in [0.25, 0.3) is 0 Å². The number of nitrogens with zero attached hydrogens (tertiary/aromatic N) is 1. The van der Waals surface area contributed by atoms with Crippen LogP contribution in [0.5, 0.6) is 5.75 Å². The van der Waals surface area contributed by atoms with Crippen molar-refractivity contribution in [2.45, 2.75) is 68.5 Å². The van der Waals surface area contributed by atoms with E-state index in [1.165, 1.54) is 31.7 Å². The van der Waals surface area contributed by atoms with E-state index in [-0.39, 0.29) is 17.0 Å². The molecule has 2 aliphatic heterocycles. The second-order valence-electron chi connectivity index (χ2n) is 7.57. The summed E-state index contributed by atoms with van der Waals surface area (Å²) in [5.41, 5.74) is 0.874. The van der Waals surface area contributed by atoms with Crippen molar-refractivity contribution in [3.63, 3.8) is 0 Å². The Hall–Kier alpha value is -0.820. The Bertz CT molecular complexity index is 762. The number of hydrogen-bond acceptors (Lipinski definition) is 4. The minimum absolute atomic E-state index is 0.0206. The van der Waals surface area contributed by atoms with Crippen LogP contribution in [0.3, 0.4) is 0 Å². The fourth-order valence-corrected chi connectivity index (χ4v) is 6.07. The molecule has 2 unspecified atom stereocenters. The Morgan fingerprint density at radius 1 is 1.24 bits per heavy atom. The van der Waals surface area contributed by atoms with Gasteiger partial charge in [0.15, 0.2) is 0 Å². The maximum absolute atomic E-state index is 12.8. The van der Waals surface area contributed by atoms with Crippen molar-refractivity contribution >= 4 is 21.6 Å². The molecule has 1 aromatic carbocycles. The SMILES string of the molecule is CC1Cc2cc(S(=O)(=O)NC3CCN(C4CCCC4)C3)cc(Cl)c2O1. The van der Waals surface area contributed by atoms with Crippen LogP contribution < -0.4 is 9.46 Å². The minimum atomic E-state index is -3.57. The molecule has 2 atom stereocenters. The summed E-state index contributed by atoms with van der Waals surface area (Å²) in [7, 11) is -3.57. The van der Waals surface area contributed by atoms with Gasteiger partial charge in [-0.25, -0.2) is 13.1 Å². The monoisotopic (exact) mass is 384 g/mol. The largest absolute Gasteiger partial charge is 0.489 e. The Morgan fingerprint density at radius 3 is 2.76 bits per heavy atom. The highest BCUT2D eigenvalue weighted by Gasteiger charge is 2.33. The molecule has 1 aromatic rings. The Morgan fingerprint density at radius 2 is 2.00 bits per heavy atom. The molecular formula is C18H25ClN2O3S. The highest BCUT2D eigenvalue weighted by molar-refractivity contribution is 7.89. The number of fused-ring (bicyclic) bond motifs is 1. The summed E-state index contributed by atoms with van der Waals surface area (Å²) in [6, 6.07) is 3.83. The Labute approximate surface area is 154 Å². The smallest absolute Gasteiger partial charge is 0.240 e. The normalized spacial score (nSPS) is 27.6. The predicted molar refractivity (Wildman–Crippen MR) is 97.8 cm³/mol. The number of nitrogens with one attached hydrogen (secondary N) is 1. The summed E-state index contributed by atoms with van der Waals surface area (Å²) in [6.45, 7) is 3.75. The lowest BCUT2D eigenvalue weighted by atomic mass is 10.1. The first-order valence-electron chi connectivity index (χ1n) is 9.18. The molecule has 1 saturated carbocycles. The van der Waals surface area contributed by atoms with Gasteiger partial charge in [0.1, 0.15) is 11.9 Å². The highest BCUT2D eigenvalue weighted by Crippen LogP contribution is 2.38. The first-order chi connectivity index (χ1) is 11.9. The van der Waals surface area contributed by atoms with Gasteiger partial charge in [0, 0.05) is 37.2 Å². The maximum atomic E-state index is 12.8. The first kappa shape index (κ1) is 17.6. The summed E-state index contributed by atoms with van der Waals surface area (Å²) >= 11 is 6.25. The van der Waals surface area contributed by atoms with Gasteiger partial charge >= 0.3 is 0 Å². The molecule has 0 radical (unpaired) electrons. The molecule has 4 rings (SSSR count). The molecule has 3 aliphatic rings. The van der Waals surface area contributed by atoms with Gasteiger partial charge in [-0.2, -0.15) is 0 Å². The molecular weight excluding hydrogens is 360 g/mol. The fraction of sp³-hybridized carbons (Fsp3) is 0.667. The summed E-state index contributed by atoms with van der Waals surface area (Å²) in [5.74, 6) is 0.626. The van der Waals surface area contributed by atoms with E-state index in [0.29, 0.717) is 23.2 Å². The number of benzene rings is 1. The van der Waals surface area contributed by atoms with Crippen molar-refractivity contribution in [1.82, 2.24) is 9.62 Å². The van der Waals surface area contributed by atoms with E-state index in [4.69, 9.17) is 16.3 Å². The minimum Gasteiger partial charge on any atom is -0.489 e. The van der Waals surface area contributed by atoms with Crippen LogP contribution in [-0.2, 0) is 16.4 Å². The molecule has 7 heteroatoms. The number of halogens is 1. The van der Waals surface area contributed by atoms with Crippen LogP contribution in [0.2, 0.25) is 5.02 Å². The molecule has 2 heterocycles. The summed E-state index contributed by atoms with van der Waals surface area (Å²) in [5, 5.41) is 0.376. The van der Waals surface area contributed by atoms with E-state index in [2.05, 4.69) is 9.62 Å². The van der Waals surface area contributed by atoms with Gasteiger partial charge in [-0.1, -0.05) is 24.4 Å². The number of ether oxygens (including phenoxy) is 1. The second kappa shape index (κ2) is 6.72. The highest BCUT2D eigenvalue weighted by atomic mass is 35.5. The fourth-order valence-electron chi connectivity index (χ4n) is 4.39. The maximum Gasteiger partial charge on any atom is 0.240 e. The number of likely N-dealkylation sites (tertiary alicyclic amines) is 1. The summed E-state index contributed by atoms with van der Waals surface area (Å²) < 4.78 is 34.2. The van der Waals surface area contributed by atoms with E-state index in [1.807, 2.05) is 6.92 Å². The number of rotatable bonds is 4. The van der Waals surface area contributed by atoms with Crippen molar-refractivity contribution in [2.24, 2.45) is 0 Å². The lowest BCUT2D eigenvalue weighted by Gasteiger charge is -2.23. The van der Waals surface area contributed by atoms with E-state index in [0.717, 1.165) is 25.1 Å². The summed E-state index contributed by atoms with van der Waals surface area (Å²) in [4.78, 5) is 2.69. The van der Waals surface area contributed by atoms with Crippen molar-refractivity contribution in [2.75, 3.05) is 13.1 Å². The molecule has 2 fully saturated rings. The molecule has 1 aliphatic carbocycles. The lowest BCUT2D eigenvalue weighted by Crippen LogP contribution is -2.39. The van der Waals surface area contributed by atoms with E-state index >= 15 is 0 Å². The van der Waals surface area contributed by atoms with E-state index in [9.17, 15) is 8.42 Å². The Kier molecular flexibility index (Phi) is 4.73. The Balaban J connectivity index is 1.47. The van der Waals surface area contributed by atoms with Crippen LogP contribution in [0.1, 0.15) is 44.6 Å². The van der Waals surface area contributed by atoms with Crippen LogP contribution in [-0.4, -0.2) is 44.6 Å². The van der Waals surface area contributed by atoms with Crippen molar-refractivity contribution < 1.29 is 13.2 Å². The zero-order valence-corrected chi connectivity index (χ0v) is 16.1. The molecule has 0 aromatic heterocycles. The average molecular weight is 385 g/mol. The number of hydrogen-bond donors (Lipinski definition) is 1. The third-order valence-electron chi connectivity index (χ3n) is 5.61. The van der Waals surface area contributed by atoms with Crippen LogP contribution >= 0.6 is 11.6 Å². The lowest BCUT2D eigenvalue weighted by molar-refractivity contribution is 0.242. The van der Waals surface area contributed by atoms with Crippen molar-refractivity contribution in [1.29, 1.82) is 0 Å². The zero-order chi connectivity index (χ0) is 17.6. The van der Waals surface area contributed by atoms with Crippen LogP contribution in [0.4, 0.5) is 0 Å². The summed E-state index contributed by atoms with van der Waals surface area (Å²) in [6.07, 6.45) is 6.69. The quantitative estimate of drug-likeness (QED) is 0.867. The molecule has 0 bridgehead atoms. The van der Waals surface area contributed by atoms with E-state index in [1.54, 1.807) is 6.07 Å². The van der Waals surface area contributed by atoms with Crippen molar-refractivity contribution in [3.05, 3.63) is 22.7 Å². The van der Waals surface area contributed by atoms with Crippen molar-refractivity contribution in [3.8, 4) is 5.75 Å². The first-order valence-corrected chi connectivity index (χ1v) is 11.0. The third kappa shape index (κ3) is 3.54. The van der Waals surface area contributed by atoms with Crippen LogP contribution in [0.15, 0.2) is 17.0 Å². The molecule has 1 saturated heterocycles. The predicted octanol–water partition coefficient (Wildman–Crippen LogP) is 2.96. The van der Waals surface area contributed by atoms with Gasteiger partial charge in [-0.3, -0.25) is 4.90 Å². The van der Waals surface area contributed by atoms with Gasteiger partial charge in [-0.15, -0.1) is 0 Å². The molecule has 0 amide bonds. The zero-order valence-electron chi connectivity index (χ0n) is 14.5.